The van der Waals surface area contributed by atoms with Gasteiger partial charge in [0.1, 0.15) is 5.82 Å². The van der Waals surface area contributed by atoms with Crippen molar-refractivity contribution in [2.75, 3.05) is 26.2 Å². The van der Waals surface area contributed by atoms with E-state index in [0.717, 1.165) is 40.2 Å². The molecule has 0 bridgehead atoms. The van der Waals surface area contributed by atoms with Crippen molar-refractivity contribution in [1.82, 2.24) is 14.4 Å². The van der Waals surface area contributed by atoms with Gasteiger partial charge in [0.15, 0.2) is 0 Å². The normalized spacial score (nSPS) is 13.6. The molecule has 4 aromatic rings. The third-order valence-corrected chi connectivity index (χ3v) is 7.30. The van der Waals surface area contributed by atoms with Gasteiger partial charge in [0.05, 0.1) is 11.3 Å². The van der Waals surface area contributed by atoms with Gasteiger partial charge in [-0.1, -0.05) is 48.0 Å². The van der Waals surface area contributed by atoms with E-state index in [2.05, 4.69) is 4.57 Å². The molecule has 0 saturated carbocycles. The fourth-order valence-corrected chi connectivity index (χ4v) is 5.07. The van der Waals surface area contributed by atoms with E-state index in [-0.39, 0.29) is 17.6 Å². The van der Waals surface area contributed by atoms with Gasteiger partial charge >= 0.3 is 0 Å². The summed E-state index contributed by atoms with van der Waals surface area (Å²) in [5.41, 5.74) is 6.37. The lowest BCUT2D eigenvalue weighted by atomic mass is 10.1. The highest BCUT2D eigenvalue weighted by molar-refractivity contribution is 5.97. The molecule has 2 amide bonds. The Balaban J connectivity index is 1.33. The summed E-state index contributed by atoms with van der Waals surface area (Å²) in [5, 5.41) is 0. The summed E-state index contributed by atoms with van der Waals surface area (Å²) in [6, 6.07) is 26.4. The van der Waals surface area contributed by atoms with Crippen LogP contribution in [0.5, 0.6) is 0 Å². The van der Waals surface area contributed by atoms with Crippen LogP contribution >= 0.6 is 0 Å². The molecule has 1 aliphatic rings. The summed E-state index contributed by atoms with van der Waals surface area (Å²) in [6.45, 7) is 6.04. The second-order valence-electron chi connectivity index (χ2n) is 9.87. The van der Waals surface area contributed by atoms with Crippen LogP contribution in [0, 0.1) is 19.7 Å². The monoisotopic (exact) mass is 509 g/mol. The molecule has 0 aliphatic carbocycles. The Morgan fingerprint density at radius 2 is 1.42 bits per heavy atom. The summed E-state index contributed by atoms with van der Waals surface area (Å²) >= 11 is 0. The van der Waals surface area contributed by atoms with Crippen LogP contribution in [0.3, 0.4) is 0 Å². The molecule has 5 rings (SSSR count). The molecule has 5 nitrogen and oxygen atoms in total. The van der Waals surface area contributed by atoms with Gasteiger partial charge < -0.3 is 14.4 Å². The van der Waals surface area contributed by atoms with Crippen molar-refractivity contribution in [3.8, 4) is 16.9 Å². The highest BCUT2D eigenvalue weighted by Crippen LogP contribution is 2.31. The van der Waals surface area contributed by atoms with Crippen molar-refractivity contribution < 1.29 is 14.0 Å². The Bertz CT molecular complexity index is 1420. The lowest BCUT2D eigenvalue weighted by Gasteiger charge is -2.35. The van der Waals surface area contributed by atoms with Gasteiger partial charge in [0.25, 0.3) is 5.91 Å². The topological polar surface area (TPSA) is 45.6 Å². The molecule has 0 unspecified atom stereocenters. The van der Waals surface area contributed by atoms with Crippen LogP contribution in [0.15, 0.2) is 84.9 Å². The van der Waals surface area contributed by atoms with E-state index < -0.39 is 0 Å². The van der Waals surface area contributed by atoms with Crippen molar-refractivity contribution in [2.45, 2.75) is 26.7 Å². The van der Waals surface area contributed by atoms with Crippen LogP contribution in [-0.4, -0.2) is 52.4 Å². The molecule has 0 radical (unpaired) electrons. The van der Waals surface area contributed by atoms with E-state index in [1.807, 2.05) is 84.3 Å². The average Bonchev–Trinajstić information content (AvgIpc) is 3.29. The van der Waals surface area contributed by atoms with E-state index in [1.165, 1.54) is 12.1 Å². The van der Waals surface area contributed by atoms with Crippen molar-refractivity contribution in [3.05, 3.63) is 113 Å². The SMILES string of the molecule is Cc1ccc(-n2c(-c3ccc(F)cc3)cc(C(=O)N3CCN(C(=O)CCc4ccccc4)CC3)c2C)cc1. The number of carbonyl (C=O) groups excluding carboxylic acids is 2. The quantitative estimate of drug-likeness (QED) is 0.329. The van der Waals surface area contributed by atoms with Gasteiger partial charge in [-0.3, -0.25) is 9.59 Å². The zero-order valence-corrected chi connectivity index (χ0v) is 21.9. The Hall–Kier alpha value is -4.19. The average molecular weight is 510 g/mol. The standard InChI is InChI=1S/C32H32FN3O2/c1-23-8-15-28(16-9-23)36-24(2)29(22-30(36)26-11-13-27(33)14-12-26)32(38)35-20-18-34(19-21-35)31(37)17-10-25-6-4-3-5-7-25/h3-9,11-16,22H,10,17-21H2,1-2H3. The molecule has 1 fully saturated rings. The van der Waals surface area contributed by atoms with E-state index in [4.69, 9.17) is 0 Å². The second kappa shape index (κ2) is 11.1. The maximum atomic E-state index is 13.7. The third-order valence-electron chi connectivity index (χ3n) is 7.30. The summed E-state index contributed by atoms with van der Waals surface area (Å²) in [6.07, 6.45) is 1.19. The number of nitrogens with zero attached hydrogens (tertiary/aromatic N) is 3. The number of amides is 2. The van der Waals surface area contributed by atoms with Crippen molar-refractivity contribution >= 4 is 11.8 Å². The van der Waals surface area contributed by atoms with Gasteiger partial charge in [-0.05, 0) is 73.9 Å². The smallest absolute Gasteiger partial charge is 0.255 e. The van der Waals surface area contributed by atoms with Gasteiger partial charge in [-0.15, -0.1) is 0 Å². The number of hydrogen-bond acceptors (Lipinski definition) is 2. The minimum Gasteiger partial charge on any atom is -0.339 e. The van der Waals surface area contributed by atoms with Crippen LogP contribution < -0.4 is 0 Å². The number of aromatic nitrogens is 1. The molecule has 1 saturated heterocycles. The lowest BCUT2D eigenvalue weighted by molar-refractivity contribution is -0.132. The van der Waals surface area contributed by atoms with E-state index in [1.54, 1.807) is 12.1 Å². The zero-order chi connectivity index (χ0) is 26.6. The number of rotatable bonds is 6. The molecular weight excluding hydrogens is 477 g/mol. The molecule has 6 heteroatoms. The minimum atomic E-state index is -0.300. The van der Waals surface area contributed by atoms with Crippen LogP contribution in [0.2, 0.25) is 0 Å². The molecule has 2 heterocycles. The number of benzene rings is 3. The van der Waals surface area contributed by atoms with Crippen molar-refractivity contribution in [1.29, 1.82) is 0 Å². The minimum absolute atomic E-state index is 0.0480. The first-order valence-corrected chi connectivity index (χ1v) is 13.1. The molecule has 3 aromatic carbocycles. The van der Waals surface area contributed by atoms with Crippen LogP contribution in [0.4, 0.5) is 4.39 Å². The predicted octanol–water partition coefficient (Wildman–Crippen LogP) is 5.82. The molecule has 38 heavy (non-hydrogen) atoms. The van der Waals surface area contributed by atoms with Crippen LogP contribution in [0.25, 0.3) is 16.9 Å². The number of carbonyl (C=O) groups is 2. The fourth-order valence-electron chi connectivity index (χ4n) is 5.07. The first-order valence-electron chi connectivity index (χ1n) is 13.1. The zero-order valence-electron chi connectivity index (χ0n) is 21.9. The summed E-state index contributed by atoms with van der Waals surface area (Å²) in [4.78, 5) is 30.2. The maximum Gasteiger partial charge on any atom is 0.255 e. The fraction of sp³-hybridized carbons (Fsp3) is 0.250. The first kappa shape index (κ1) is 25.5. The van der Waals surface area contributed by atoms with Crippen LogP contribution in [-0.2, 0) is 11.2 Å². The van der Waals surface area contributed by atoms with E-state index in [0.29, 0.717) is 38.2 Å². The first-order chi connectivity index (χ1) is 18.4. The maximum absolute atomic E-state index is 13.7. The Morgan fingerprint density at radius 1 is 0.789 bits per heavy atom. The second-order valence-corrected chi connectivity index (χ2v) is 9.87. The Labute approximate surface area is 223 Å². The third kappa shape index (κ3) is 5.40. The number of piperazine rings is 1. The highest BCUT2D eigenvalue weighted by Gasteiger charge is 2.28. The molecule has 0 spiro atoms. The van der Waals surface area contributed by atoms with Crippen LogP contribution in [0.1, 0.15) is 33.6 Å². The Kier molecular flexibility index (Phi) is 7.40. The summed E-state index contributed by atoms with van der Waals surface area (Å²) in [5.74, 6) is -0.222. The summed E-state index contributed by atoms with van der Waals surface area (Å²) in [7, 11) is 0. The Morgan fingerprint density at radius 3 is 2.08 bits per heavy atom. The molecule has 1 aromatic heterocycles. The predicted molar refractivity (Wildman–Crippen MR) is 148 cm³/mol. The lowest BCUT2D eigenvalue weighted by Crippen LogP contribution is -2.50. The molecule has 1 aliphatic heterocycles. The van der Waals surface area contributed by atoms with Gasteiger partial charge in [-0.25, -0.2) is 4.39 Å². The number of aryl methyl sites for hydroxylation is 2. The van der Waals surface area contributed by atoms with Gasteiger partial charge in [0.2, 0.25) is 5.91 Å². The van der Waals surface area contributed by atoms with Crippen molar-refractivity contribution in [3.63, 3.8) is 0 Å². The highest BCUT2D eigenvalue weighted by atomic mass is 19.1. The van der Waals surface area contributed by atoms with Gasteiger partial charge in [0, 0.05) is 44.0 Å². The number of halogens is 1. The van der Waals surface area contributed by atoms with E-state index >= 15 is 0 Å². The van der Waals surface area contributed by atoms with Crippen molar-refractivity contribution in [2.24, 2.45) is 0 Å². The van der Waals surface area contributed by atoms with Gasteiger partial charge in [-0.2, -0.15) is 0 Å². The molecular formula is C32H32FN3O2. The summed E-state index contributed by atoms with van der Waals surface area (Å²) < 4.78 is 15.7. The number of hydrogen-bond donors (Lipinski definition) is 0. The van der Waals surface area contributed by atoms with E-state index in [9.17, 15) is 14.0 Å². The molecule has 0 atom stereocenters. The molecule has 0 N–H and O–H groups in total. The molecule has 194 valence electrons. The largest absolute Gasteiger partial charge is 0.339 e.